The Bertz CT molecular complexity index is 555. The molecule has 0 aliphatic carbocycles. The van der Waals surface area contributed by atoms with Gasteiger partial charge >= 0.3 is 0 Å². The Kier molecular flexibility index (Phi) is 4.55. The molecule has 19 heavy (non-hydrogen) atoms. The van der Waals surface area contributed by atoms with Crippen LogP contribution in [0.1, 0.15) is 31.3 Å². The van der Waals surface area contributed by atoms with Crippen molar-refractivity contribution in [2.24, 2.45) is 0 Å². The van der Waals surface area contributed by atoms with E-state index in [4.69, 9.17) is 4.74 Å². The number of ether oxygens (including phenoxy) is 1. The summed E-state index contributed by atoms with van der Waals surface area (Å²) < 4.78 is 8.42. The van der Waals surface area contributed by atoms with Gasteiger partial charge in [-0.15, -0.1) is 0 Å². The van der Waals surface area contributed by atoms with Gasteiger partial charge in [0.15, 0.2) is 5.82 Å². The Labute approximate surface area is 120 Å². The van der Waals surface area contributed by atoms with Crippen LogP contribution in [-0.4, -0.2) is 19.9 Å². The molecule has 2 rings (SSSR count). The van der Waals surface area contributed by atoms with Crippen LogP contribution in [0.15, 0.2) is 29.0 Å². The first-order valence-electron chi connectivity index (χ1n) is 6.08. The summed E-state index contributed by atoms with van der Waals surface area (Å²) in [6, 6.07) is 5.56. The molecule has 0 radical (unpaired) electrons. The van der Waals surface area contributed by atoms with Gasteiger partial charge in [-0.25, -0.2) is 9.67 Å². The number of benzene rings is 1. The fraction of sp³-hybridized carbons (Fsp3) is 0.385. The number of halogens is 1. The Morgan fingerprint density at radius 3 is 2.95 bits per heavy atom. The normalized spacial score (nSPS) is 12.4. The molecule has 1 atom stereocenters. The predicted octanol–water partition coefficient (Wildman–Crippen LogP) is 2.69. The molecule has 0 aliphatic heterocycles. The summed E-state index contributed by atoms with van der Waals surface area (Å²) in [5.74, 6) is 1.42. The molecule has 0 aliphatic rings. The summed E-state index contributed by atoms with van der Waals surface area (Å²) in [4.78, 5) is 4.15. The van der Waals surface area contributed by atoms with Crippen molar-refractivity contribution in [3.05, 3.63) is 40.4 Å². The van der Waals surface area contributed by atoms with Crippen molar-refractivity contribution in [3.8, 4) is 5.75 Å². The van der Waals surface area contributed by atoms with Gasteiger partial charge in [-0.05, 0) is 32.0 Å². The number of aliphatic hydroxyl groups excluding tert-OH is 1. The second-order valence-electron chi connectivity index (χ2n) is 4.14. The highest BCUT2D eigenvalue weighted by molar-refractivity contribution is 9.10. The largest absolute Gasteiger partial charge is 0.485 e. The topological polar surface area (TPSA) is 60.2 Å². The number of aromatic nitrogens is 3. The van der Waals surface area contributed by atoms with Gasteiger partial charge in [-0.2, -0.15) is 5.10 Å². The molecule has 5 nitrogen and oxygen atoms in total. The maximum Gasteiger partial charge on any atom is 0.164 e. The lowest BCUT2D eigenvalue weighted by Crippen LogP contribution is -2.08. The van der Waals surface area contributed by atoms with E-state index >= 15 is 0 Å². The monoisotopic (exact) mass is 325 g/mol. The van der Waals surface area contributed by atoms with Gasteiger partial charge in [0.2, 0.25) is 0 Å². The van der Waals surface area contributed by atoms with Gasteiger partial charge in [-0.3, -0.25) is 0 Å². The molecule has 1 heterocycles. The minimum Gasteiger partial charge on any atom is -0.485 e. The van der Waals surface area contributed by atoms with Crippen LogP contribution in [0, 0.1) is 0 Å². The van der Waals surface area contributed by atoms with Crippen molar-refractivity contribution in [2.45, 2.75) is 33.1 Å². The van der Waals surface area contributed by atoms with E-state index in [9.17, 15) is 5.11 Å². The smallest absolute Gasteiger partial charge is 0.164 e. The van der Waals surface area contributed by atoms with E-state index in [0.29, 0.717) is 12.4 Å². The van der Waals surface area contributed by atoms with Crippen LogP contribution in [-0.2, 0) is 13.2 Å². The number of rotatable bonds is 5. The molecule has 6 heteroatoms. The second kappa shape index (κ2) is 6.16. The van der Waals surface area contributed by atoms with Gasteiger partial charge in [0.05, 0.1) is 6.10 Å². The zero-order chi connectivity index (χ0) is 13.8. The van der Waals surface area contributed by atoms with E-state index in [1.807, 2.05) is 25.1 Å². The van der Waals surface area contributed by atoms with Crippen molar-refractivity contribution in [1.29, 1.82) is 0 Å². The summed E-state index contributed by atoms with van der Waals surface area (Å²) in [6.07, 6.45) is 0.927. The molecule has 102 valence electrons. The molecule has 1 aromatic heterocycles. The Morgan fingerprint density at radius 2 is 2.26 bits per heavy atom. The number of aryl methyl sites for hydroxylation is 1. The van der Waals surface area contributed by atoms with Crippen LogP contribution in [0.4, 0.5) is 0 Å². The van der Waals surface area contributed by atoms with Gasteiger partial charge in [0.1, 0.15) is 18.7 Å². The lowest BCUT2D eigenvalue weighted by atomic mass is 10.1. The highest BCUT2D eigenvalue weighted by atomic mass is 79.9. The minimum atomic E-state index is -0.587. The highest BCUT2D eigenvalue weighted by Crippen LogP contribution is 2.28. The molecule has 0 unspecified atom stereocenters. The first-order valence-corrected chi connectivity index (χ1v) is 6.88. The van der Waals surface area contributed by atoms with Crippen molar-refractivity contribution in [3.63, 3.8) is 0 Å². The zero-order valence-electron chi connectivity index (χ0n) is 10.9. The van der Waals surface area contributed by atoms with E-state index in [2.05, 4.69) is 26.0 Å². The Hall–Kier alpha value is -1.40. The summed E-state index contributed by atoms with van der Waals surface area (Å²) in [5.41, 5.74) is 0.747. The molecular formula is C13H16BrN3O2. The van der Waals surface area contributed by atoms with E-state index < -0.39 is 6.10 Å². The van der Waals surface area contributed by atoms with Crippen molar-refractivity contribution in [2.75, 3.05) is 0 Å². The minimum absolute atomic E-state index is 0.329. The first-order chi connectivity index (χ1) is 9.11. The average molecular weight is 326 g/mol. The summed E-state index contributed by atoms with van der Waals surface area (Å²) in [7, 11) is 0. The molecule has 0 saturated carbocycles. The van der Waals surface area contributed by atoms with Crippen LogP contribution < -0.4 is 4.74 Å². The molecule has 0 saturated heterocycles. The number of hydrogen-bond donors (Lipinski definition) is 1. The summed E-state index contributed by atoms with van der Waals surface area (Å²) >= 11 is 3.38. The third-order valence-corrected chi connectivity index (χ3v) is 3.27. The van der Waals surface area contributed by atoms with Gasteiger partial charge in [-0.1, -0.05) is 15.9 Å². The Morgan fingerprint density at radius 1 is 1.47 bits per heavy atom. The maximum atomic E-state index is 9.75. The van der Waals surface area contributed by atoms with Crippen LogP contribution in [0.3, 0.4) is 0 Å². The van der Waals surface area contributed by atoms with Crippen molar-refractivity contribution in [1.82, 2.24) is 14.8 Å². The zero-order valence-corrected chi connectivity index (χ0v) is 12.5. The molecular weight excluding hydrogens is 310 g/mol. The second-order valence-corrected chi connectivity index (χ2v) is 5.05. The molecule has 2 aromatic rings. The highest BCUT2D eigenvalue weighted by Gasteiger charge is 2.11. The van der Waals surface area contributed by atoms with Crippen molar-refractivity contribution < 1.29 is 9.84 Å². The average Bonchev–Trinajstić information content (AvgIpc) is 2.84. The third kappa shape index (κ3) is 3.33. The number of aliphatic hydroxyl groups is 1. The van der Waals surface area contributed by atoms with E-state index in [0.717, 1.165) is 22.4 Å². The quantitative estimate of drug-likeness (QED) is 0.918. The molecule has 0 fully saturated rings. The van der Waals surface area contributed by atoms with Crippen LogP contribution in [0.5, 0.6) is 5.75 Å². The van der Waals surface area contributed by atoms with E-state index in [-0.39, 0.29) is 0 Å². The molecule has 1 aromatic carbocycles. The fourth-order valence-electron chi connectivity index (χ4n) is 1.78. The van der Waals surface area contributed by atoms with Gasteiger partial charge < -0.3 is 9.84 Å². The standard InChI is InChI=1S/C13H16BrN3O2/c1-3-17-13(15-8-16-17)7-19-12-5-4-10(14)6-11(12)9(2)18/h4-6,8-9,18H,3,7H2,1-2H3/t9-/m1/s1. The van der Waals surface area contributed by atoms with Crippen LogP contribution >= 0.6 is 15.9 Å². The van der Waals surface area contributed by atoms with Crippen LogP contribution in [0.25, 0.3) is 0 Å². The molecule has 0 bridgehead atoms. The van der Waals surface area contributed by atoms with E-state index in [1.165, 1.54) is 6.33 Å². The fourth-order valence-corrected chi connectivity index (χ4v) is 2.16. The summed E-state index contributed by atoms with van der Waals surface area (Å²) in [5, 5.41) is 13.8. The van der Waals surface area contributed by atoms with Gasteiger partial charge in [0.25, 0.3) is 0 Å². The Balaban J connectivity index is 2.15. The number of hydrogen-bond acceptors (Lipinski definition) is 4. The lowest BCUT2D eigenvalue weighted by molar-refractivity contribution is 0.189. The van der Waals surface area contributed by atoms with Crippen molar-refractivity contribution >= 4 is 15.9 Å². The molecule has 1 N–H and O–H groups in total. The third-order valence-electron chi connectivity index (χ3n) is 2.77. The molecule has 0 amide bonds. The van der Waals surface area contributed by atoms with E-state index in [1.54, 1.807) is 11.6 Å². The lowest BCUT2D eigenvalue weighted by Gasteiger charge is -2.13. The number of nitrogens with zero attached hydrogens (tertiary/aromatic N) is 3. The SMILES string of the molecule is CCn1ncnc1COc1ccc(Br)cc1[C@@H](C)O. The van der Waals surface area contributed by atoms with Crippen LogP contribution in [0.2, 0.25) is 0 Å². The van der Waals surface area contributed by atoms with Gasteiger partial charge in [0, 0.05) is 16.6 Å². The first kappa shape index (κ1) is 14.0. The maximum absolute atomic E-state index is 9.75. The summed E-state index contributed by atoms with van der Waals surface area (Å²) in [6.45, 7) is 4.79. The molecule has 0 spiro atoms. The predicted molar refractivity (Wildman–Crippen MR) is 74.8 cm³/mol.